The summed E-state index contributed by atoms with van der Waals surface area (Å²) in [7, 11) is 3.85. The van der Waals surface area contributed by atoms with Crippen LogP contribution < -0.4 is 16.0 Å². The molecule has 3 N–H and O–H groups in total. The maximum Gasteiger partial charge on any atom is 0.271 e. The Morgan fingerprint density at radius 2 is 2.29 bits per heavy atom. The molecule has 112 valence electrons. The highest BCUT2D eigenvalue weighted by Gasteiger charge is 2.12. The molecule has 0 radical (unpaired) electrons. The van der Waals surface area contributed by atoms with Gasteiger partial charge in [0.25, 0.3) is 5.91 Å². The average Bonchev–Trinajstić information content (AvgIpc) is 2.94. The number of amides is 1. The molecular formula is C14H19N5OS. The lowest BCUT2D eigenvalue weighted by Crippen LogP contribution is -2.25. The second-order valence-corrected chi connectivity index (χ2v) is 5.67. The lowest BCUT2D eigenvalue weighted by molar-refractivity contribution is 0.0946. The summed E-state index contributed by atoms with van der Waals surface area (Å²) in [6.07, 6.45) is 2.44. The Kier molecular flexibility index (Phi) is 5.24. The number of nitrogens with two attached hydrogens (primary N) is 1. The molecular weight excluding hydrogens is 286 g/mol. The highest BCUT2D eigenvalue weighted by molar-refractivity contribution is 7.09. The number of nitrogens with one attached hydrogen (secondary N) is 1. The number of hydrogen-bond donors (Lipinski definition) is 2. The van der Waals surface area contributed by atoms with E-state index in [4.69, 9.17) is 5.73 Å². The molecule has 0 spiro atoms. The van der Waals surface area contributed by atoms with Gasteiger partial charge < -0.3 is 16.0 Å². The van der Waals surface area contributed by atoms with Gasteiger partial charge in [-0.1, -0.05) is 6.07 Å². The third-order valence-corrected chi connectivity index (χ3v) is 3.78. The Morgan fingerprint density at radius 1 is 1.48 bits per heavy atom. The summed E-state index contributed by atoms with van der Waals surface area (Å²) < 4.78 is 0. The van der Waals surface area contributed by atoms with Gasteiger partial charge in [-0.05, 0) is 12.6 Å². The van der Waals surface area contributed by atoms with Crippen LogP contribution in [0.4, 0.5) is 5.82 Å². The number of nitrogens with zero attached hydrogens (tertiary/aromatic N) is 3. The van der Waals surface area contributed by atoms with Crippen LogP contribution >= 0.6 is 11.3 Å². The summed E-state index contributed by atoms with van der Waals surface area (Å²) in [5.74, 6) is 0.669. The fourth-order valence-electron chi connectivity index (χ4n) is 1.89. The van der Waals surface area contributed by atoms with Gasteiger partial charge in [0.1, 0.15) is 11.5 Å². The molecule has 2 rings (SSSR count). The first kappa shape index (κ1) is 15.4. The van der Waals surface area contributed by atoms with Gasteiger partial charge in [0.15, 0.2) is 0 Å². The minimum atomic E-state index is -0.178. The number of hydrogen-bond acceptors (Lipinski definition) is 6. The highest BCUT2D eigenvalue weighted by Crippen LogP contribution is 2.14. The number of pyridine rings is 1. The number of carbonyl (C=O) groups is 1. The second-order valence-electron chi connectivity index (χ2n) is 4.73. The number of anilines is 1. The van der Waals surface area contributed by atoms with E-state index >= 15 is 0 Å². The first-order chi connectivity index (χ1) is 10.1. The van der Waals surface area contributed by atoms with E-state index in [0.717, 1.165) is 16.4 Å². The quantitative estimate of drug-likeness (QED) is 0.833. The summed E-state index contributed by atoms with van der Waals surface area (Å²) in [6, 6.07) is 3.81. The van der Waals surface area contributed by atoms with Crippen molar-refractivity contribution in [1.82, 2.24) is 15.3 Å². The molecule has 7 heteroatoms. The number of carbonyl (C=O) groups excluding carboxylic acids is 1. The zero-order valence-corrected chi connectivity index (χ0v) is 13.0. The van der Waals surface area contributed by atoms with E-state index < -0.39 is 0 Å². The lowest BCUT2D eigenvalue weighted by Gasteiger charge is -2.15. The molecule has 6 nitrogen and oxygen atoms in total. The van der Waals surface area contributed by atoms with Crippen LogP contribution in [0.25, 0.3) is 0 Å². The largest absolute Gasteiger partial charge is 0.362 e. The van der Waals surface area contributed by atoms with E-state index in [1.54, 1.807) is 11.6 Å². The predicted molar refractivity (Wildman–Crippen MR) is 84.6 cm³/mol. The molecule has 0 aliphatic heterocycles. The number of rotatable bonds is 6. The van der Waals surface area contributed by atoms with Crippen molar-refractivity contribution in [3.63, 3.8) is 0 Å². The van der Waals surface area contributed by atoms with Crippen molar-refractivity contribution < 1.29 is 4.79 Å². The van der Waals surface area contributed by atoms with Crippen molar-refractivity contribution in [3.05, 3.63) is 40.0 Å². The lowest BCUT2D eigenvalue weighted by atomic mass is 10.2. The molecule has 2 aromatic heterocycles. The molecule has 0 saturated heterocycles. The number of aromatic nitrogens is 2. The molecule has 0 bridgehead atoms. The smallest absolute Gasteiger partial charge is 0.271 e. The van der Waals surface area contributed by atoms with Gasteiger partial charge in [-0.15, -0.1) is 11.3 Å². The van der Waals surface area contributed by atoms with Crippen LogP contribution in [0.1, 0.15) is 21.1 Å². The second kappa shape index (κ2) is 7.14. The molecule has 2 aromatic rings. The monoisotopic (exact) mass is 305 g/mol. The zero-order valence-electron chi connectivity index (χ0n) is 12.2. The fourth-order valence-corrected chi connectivity index (χ4v) is 2.68. The number of thiazole rings is 1. The molecule has 0 aliphatic carbocycles. The van der Waals surface area contributed by atoms with Gasteiger partial charge in [0.2, 0.25) is 0 Å². The van der Waals surface area contributed by atoms with Crippen molar-refractivity contribution in [2.75, 3.05) is 25.5 Å². The van der Waals surface area contributed by atoms with E-state index in [1.807, 2.05) is 31.1 Å². The first-order valence-electron chi connectivity index (χ1n) is 6.65. The summed E-state index contributed by atoms with van der Waals surface area (Å²) in [6.45, 7) is 0.959. The Morgan fingerprint density at radius 3 is 3.00 bits per heavy atom. The highest BCUT2D eigenvalue weighted by atomic mass is 32.1. The topological polar surface area (TPSA) is 84.1 Å². The van der Waals surface area contributed by atoms with Crippen LogP contribution in [0.2, 0.25) is 0 Å². The van der Waals surface area contributed by atoms with Crippen LogP contribution in [-0.2, 0) is 13.0 Å². The molecule has 0 aliphatic rings. The summed E-state index contributed by atoms with van der Waals surface area (Å²) in [5, 5.41) is 5.52. The maximum atomic E-state index is 12.1. The molecule has 0 fully saturated rings. The summed E-state index contributed by atoms with van der Waals surface area (Å²) >= 11 is 1.46. The van der Waals surface area contributed by atoms with Gasteiger partial charge >= 0.3 is 0 Å². The van der Waals surface area contributed by atoms with Gasteiger partial charge in [-0.25, -0.2) is 9.97 Å². The minimum Gasteiger partial charge on any atom is -0.362 e. The Hall–Kier alpha value is -1.99. The predicted octanol–water partition coefficient (Wildman–Crippen LogP) is 1.04. The normalized spacial score (nSPS) is 10.4. The van der Waals surface area contributed by atoms with Gasteiger partial charge in [0.05, 0.1) is 5.01 Å². The Bertz CT molecular complexity index is 611. The first-order valence-corrected chi connectivity index (χ1v) is 7.53. The van der Waals surface area contributed by atoms with E-state index in [0.29, 0.717) is 25.2 Å². The van der Waals surface area contributed by atoms with Crippen molar-refractivity contribution in [3.8, 4) is 0 Å². The van der Waals surface area contributed by atoms with Crippen LogP contribution in [0.3, 0.4) is 0 Å². The van der Waals surface area contributed by atoms with Crippen molar-refractivity contribution >= 4 is 23.1 Å². The van der Waals surface area contributed by atoms with E-state index in [-0.39, 0.29) is 5.91 Å². The van der Waals surface area contributed by atoms with Crippen LogP contribution in [0.5, 0.6) is 0 Å². The summed E-state index contributed by atoms with van der Waals surface area (Å²) in [4.78, 5) is 22.6. The molecule has 0 saturated carbocycles. The van der Waals surface area contributed by atoms with Gasteiger partial charge in [-0.2, -0.15) is 0 Å². The minimum absolute atomic E-state index is 0.178. The maximum absolute atomic E-state index is 12.1. The molecule has 2 heterocycles. The summed E-state index contributed by atoms with van der Waals surface area (Å²) in [5.41, 5.74) is 6.89. The zero-order chi connectivity index (χ0) is 15.2. The van der Waals surface area contributed by atoms with E-state index in [9.17, 15) is 4.79 Å². The third kappa shape index (κ3) is 3.99. The molecule has 0 aromatic carbocycles. The average molecular weight is 305 g/mol. The van der Waals surface area contributed by atoms with Crippen molar-refractivity contribution in [2.45, 2.75) is 13.0 Å². The van der Waals surface area contributed by atoms with Crippen LogP contribution in [0.15, 0.2) is 23.7 Å². The molecule has 21 heavy (non-hydrogen) atoms. The fraction of sp³-hybridized carbons (Fsp3) is 0.357. The van der Waals surface area contributed by atoms with Gasteiger partial charge in [-0.3, -0.25) is 4.79 Å². The molecule has 1 amide bonds. The molecule has 0 unspecified atom stereocenters. The SMILES string of the molecule is CN(C)c1ncccc1CNC(=O)c1csc(CCN)n1. The Balaban J connectivity index is 2.00. The van der Waals surface area contributed by atoms with Crippen molar-refractivity contribution in [1.29, 1.82) is 0 Å². The third-order valence-electron chi connectivity index (χ3n) is 2.87. The van der Waals surface area contributed by atoms with Crippen LogP contribution in [0, 0.1) is 0 Å². The Labute approximate surface area is 128 Å². The van der Waals surface area contributed by atoms with Gasteiger partial charge in [0, 0.05) is 44.2 Å². The van der Waals surface area contributed by atoms with E-state index in [2.05, 4.69) is 15.3 Å². The standard InChI is InChI=1S/C14H19N5OS/c1-19(2)13-10(4-3-7-16-13)8-17-14(20)11-9-21-12(18-11)5-6-15/h3-4,7,9H,5-6,8,15H2,1-2H3,(H,17,20). The van der Waals surface area contributed by atoms with Crippen molar-refractivity contribution in [2.24, 2.45) is 5.73 Å². The van der Waals surface area contributed by atoms with Crippen LogP contribution in [-0.4, -0.2) is 36.5 Å². The molecule has 0 atom stereocenters. The van der Waals surface area contributed by atoms with E-state index in [1.165, 1.54) is 11.3 Å².